The Morgan fingerprint density at radius 3 is 2.75 bits per heavy atom. The van der Waals surface area contributed by atoms with Crippen LogP contribution in [-0.2, 0) is 11.3 Å². The number of carbonyl (C=O) groups excluding carboxylic acids is 1. The van der Waals surface area contributed by atoms with E-state index in [1.54, 1.807) is 0 Å². The molecule has 0 aromatic carbocycles. The molecule has 1 saturated heterocycles. The molecule has 112 valence electrons. The smallest absolute Gasteiger partial charge is 0.341 e. The summed E-state index contributed by atoms with van der Waals surface area (Å²) in [5.74, 6) is -0.864. The molecule has 1 aromatic heterocycles. The van der Waals surface area contributed by atoms with Gasteiger partial charge in [0.1, 0.15) is 0 Å². The number of alkyl halides is 3. The van der Waals surface area contributed by atoms with Crippen molar-refractivity contribution in [3.8, 4) is 0 Å². The number of hydrogen-bond acceptors (Lipinski definition) is 3. The van der Waals surface area contributed by atoms with Gasteiger partial charge in [-0.15, -0.1) is 11.3 Å². The predicted octanol–water partition coefficient (Wildman–Crippen LogP) is 3.01. The molecule has 0 aliphatic carbocycles. The Balaban J connectivity index is 2.16. The molecule has 20 heavy (non-hydrogen) atoms. The summed E-state index contributed by atoms with van der Waals surface area (Å²) >= 11 is 4.73. The van der Waals surface area contributed by atoms with Crippen molar-refractivity contribution in [2.45, 2.75) is 19.1 Å². The highest BCUT2D eigenvalue weighted by Crippen LogP contribution is 2.44. The van der Waals surface area contributed by atoms with Crippen molar-refractivity contribution in [2.24, 2.45) is 5.41 Å². The van der Waals surface area contributed by atoms with Gasteiger partial charge in [0.15, 0.2) is 5.41 Å². The highest BCUT2D eigenvalue weighted by Gasteiger charge is 2.62. The van der Waals surface area contributed by atoms with Crippen molar-refractivity contribution >= 4 is 33.2 Å². The van der Waals surface area contributed by atoms with Crippen molar-refractivity contribution in [3.05, 3.63) is 20.8 Å². The molecule has 0 spiro atoms. The van der Waals surface area contributed by atoms with E-state index in [4.69, 9.17) is 0 Å². The van der Waals surface area contributed by atoms with Gasteiger partial charge in [-0.3, -0.25) is 4.79 Å². The molecule has 0 bridgehead atoms. The van der Waals surface area contributed by atoms with Crippen molar-refractivity contribution in [3.63, 3.8) is 0 Å². The summed E-state index contributed by atoms with van der Waals surface area (Å²) in [7, 11) is 1.42. The van der Waals surface area contributed by atoms with Gasteiger partial charge in [-0.1, -0.05) is 0 Å². The van der Waals surface area contributed by atoms with Crippen LogP contribution in [0.5, 0.6) is 0 Å². The first-order valence-corrected chi connectivity index (χ1v) is 7.69. The standard InChI is InChI=1S/C12H14BrF3N2OS/c1-18(5-8-4-9(13)20-6-8)10(19)11(12(14,15)16)2-3-17-7-11/h4,6,17H,2-3,5,7H2,1H3. The Bertz CT molecular complexity index is 497. The molecule has 1 atom stereocenters. The van der Waals surface area contributed by atoms with Crippen LogP contribution in [0.4, 0.5) is 13.2 Å². The molecule has 0 saturated carbocycles. The van der Waals surface area contributed by atoms with Gasteiger partial charge in [-0.25, -0.2) is 0 Å². The van der Waals surface area contributed by atoms with Crippen molar-refractivity contribution in [1.29, 1.82) is 0 Å². The average Bonchev–Trinajstić information content (AvgIpc) is 2.97. The van der Waals surface area contributed by atoms with Crippen molar-refractivity contribution in [1.82, 2.24) is 10.2 Å². The second-order valence-electron chi connectivity index (χ2n) is 4.93. The molecular weight excluding hydrogens is 357 g/mol. The molecule has 1 fully saturated rings. The third kappa shape index (κ3) is 2.87. The summed E-state index contributed by atoms with van der Waals surface area (Å²) in [5, 5.41) is 4.47. The van der Waals surface area contributed by atoms with E-state index in [1.165, 1.54) is 18.4 Å². The zero-order valence-electron chi connectivity index (χ0n) is 10.8. The molecule has 1 aliphatic rings. The number of rotatable bonds is 3. The summed E-state index contributed by atoms with van der Waals surface area (Å²) in [4.78, 5) is 13.4. The number of thiophene rings is 1. The summed E-state index contributed by atoms with van der Waals surface area (Å²) in [6.45, 7) is 0.0505. The highest BCUT2D eigenvalue weighted by molar-refractivity contribution is 9.11. The van der Waals surface area contributed by atoms with Crippen LogP contribution in [0.3, 0.4) is 0 Å². The number of nitrogens with one attached hydrogen (secondary N) is 1. The third-order valence-corrected chi connectivity index (χ3v) is 5.05. The Morgan fingerprint density at radius 2 is 2.30 bits per heavy atom. The van der Waals surface area contributed by atoms with E-state index >= 15 is 0 Å². The number of hydrogen-bond donors (Lipinski definition) is 1. The van der Waals surface area contributed by atoms with Gasteiger partial charge < -0.3 is 10.2 Å². The Kier molecular flexibility index (Phi) is 4.46. The molecule has 1 amide bonds. The van der Waals surface area contributed by atoms with E-state index in [0.717, 1.165) is 14.2 Å². The maximum absolute atomic E-state index is 13.3. The fraction of sp³-hybridized carbons (Fsp3) is 0.583. The lowest BCUT2D eigenvalue weighted by Gasteiger charge is -2.33. The second kappa shape index (κ2) is 5.65. The fourth-order valence-electron chi connectivity index (χ4n) is 2.38. The Morgan fingerprint density at radius 1 is 1.60 bits per heavy atom. The van der Waals surface area contributed by atoms with Crippen LogP contribution < -0.4 is 5.32 Å². The summed E-state index contributed by atoms with van der Waals surface area (Å²) in [5.41, 5.74) is -1.46. The van der Waals surface area contributed by atoms with Gasteiger partial charge in [-0.2, -0.15) is 13.2 Å². The minimum absolute atomic E-state index is 0.179. The van der Waals surface area contributed by atoms with Crippen molar-refractivity contribution in [2.75, 3.05) is 20.1 Å². The van der Waals surface area contributed by atoms with Gasteiger partial charge in [0.25, 0.3) is 0 Å². The largest absolute Gasteiger partial charge is 0.404 e. The lowest BCUT2D eigenvalue weighted by atomic mass is 9.84. The number of carbonyl (C=O) groups is 1. The van der Waals surface area contributed by atoms with Crippen LogP contribution in [0.15, 0.2) is 15.2 Å². The van der Waals surface area contributed by atoms with Crippen LogP contribution in [0.2, 0.25) is 0 Å². The minimum atomic E-state index is -4.53. The molecular formula is C12H14BrF3N2OS. The van der Waals surface area contributed by atoms with E-state index in [0.29, 0.717) is 0 Å². The minimum Gasteiger partial charge on any atom is -0.341 e. The van der Waals surface area contributed by atoms with E-state index in [1.807, 2.05) is 11.4 Å². The zero-order chi connectivity index (χ0) is 15.0. The SMILES string of the molecule is CN(Cc1csc(Br)c1)C(=O)C1(C(F)(F)F)CCNC1. The molecule has 1 aromatic rings. The van der Waals surface area contributed by atoms with Crippen LogP contribution in [0.1, 0.15) is 12.0 Å². The van der Waals surface area contributed by atoms with Crippen LogP contribution in [-0.4, -0.2) is 37.1 Å². The van der Waals surface area contributed by atoms with E-state index in [-0.39, 0.29) is 26.1 Å². The Hall–Kier alpha value is -0.600. The van der Waals surface area contributed by atoms with Crippen LogP contribution in [0.25, 0.3) is 0 Å². The maximum Gasteiger partial charge on any atom is 0.404 e. The van der Waals surface area contributed by atoms with Gasteiger partial charge in [0.05, 0.1) is 3.79 Å². The first-order chi connectivity index (χ1) is 9.26. The molecule has 1 aliphatic heterocycles. The van der Waals surface area contributed by atoms with Gasteiger partial charge in [-0.05, 0) is 45.9 Å². The van der Waals surface area contributed by atoms with Crippen molar-refractivity contribution < 1.29 is 18.0 Å². The summed E-state index contributed by atoms with van der Waals surface area (Å²) in [6, 6.07) is 1.81. The lowest BCUT2D eigenvalue weighted by molar-refractivity contribution is -0.221. The quantitative estimate of drug-likeness (QED) is 0.886. The first-order valence-electron chi connectivity index (χ1n) is 6.02. The maximum atomic E-state index is 13.3. The molecule has 8 heteroatoms. The monoisotopic (exact) mass is 370 g/mol. The average molecular weight is 371 g/mol. The number of nitrogens with zero attached hydrogens (tertiary/aromatic N) is 1. The highest BCUT2D eigenvalue weighted by atomic mass is 79.9. The predicted molar refractivity (Wildman–Crippen MR) is 74.5 cm³/mol. The summed E-state index contributed by atoms with van der Waals surface area (Å²) < 4.78 is 40.7. The number of halogens is 4. The molecule has 0 radical (unpaired) electrons. The molecule has 3 nitrogen and oxygen atoms in total. The Labute approximate surface area is 127 Å². The first kappa shape index (κ1) is 15.8. The lowest BCUT2D eigenvalue weighted by Crippen LogP contribution is -2.52. The number of amides is 1. The van der Waals surface area contributed by atoms with Crippen LogP contribution >= 0.6 is 27.3 Å². The topological polar surface area (TPSA) is 32.3 Å². The van der Waals surface area contributed by atoms with Gasteiger partial charge in [0.2, 0.25) is 5.91 Å². The summed E-state index contributed by atoms with van der Waals surface area (Å²) in [6.07, 6.45) is -4.73. The van der Waals surface area contributed by atoms with E-state index < -0.39 is 17.5 Å². The fourth-order valence-corrected chi connectivity index (χ4v) is 3.58. The van der Waals surface area contributed by atoms with Crippen LogP contribution in [0, 0.1) is 5.41 Å². The van der Waals surface area contributed by atoms with E-state index in [2.05, 4.69) is 21.2 Å². The third-order valence-electron chi connectivity index (χ3n) is 3.50. The van der Waals surface area contributed by atoms with Gasteiger partial charge in [0, 0.05) is 20.1 Å². The normalized spacial score (nSPS) is 23.1. The molecule has 1 N–H and O–H groups in total. The second-order valence-corrected chi connectivity index (χ2v) is 7.22. The van der Waals surface area contributed by atoms with E-state index in [9.17, 15) is 18.0 Å². The molecule has 2 heterocycles. The van der Waals surface area contributed by atoms with Gasteiger partial charge >= 0.3 is 6.18 Å². The molecule has 2 rings (SSSR count). The molecule has 1 unspecified atom stereocenters. The zero-order valence-corrected chi connectivity index (χ0v) is 13.2.